The largest absolute Gasteiger partial charge is 0.393 e. The summed E-state index contributed by atoms with van der Waals surface area (Å²) in [5.41, 5.74) is 0.647. The summed E-state index contributed by atoms with van der Waals surface area (Å²) < 4.78 is 0. The van der Waals surface area contributed by atoms with E-state index >= 15 is 0 Å². The molecule has 0 aliphatic heterocycles. The lowest BCUT2D eigenvalue weighted by Gasteiger charge is -2.63. The van der Waals surface area contributed by atoms with Crippen molar-refractivity contribution in [2.24, 2.45) is 52.3 Å². The van der Waals surface area contributed by atoms with Gasteiger partial charge in [-0.15, -0.1) is 0 Å². The van der Waals surface area contributed by atoms with Crippen molar-refractivity contribution in [3.05, 3.63) is 0 Å². The van der Waals surface area contributed by atoms with E-state index < -0.39 is 0 Å². The first kappa shape index (κ1) is 25.0. The molecule has 0 aromatic rings. The molecule has 0 unspecified atom stereocenters. The Balaban J connectivity index is 1.49. The van der Waals surface area contributed by atoms with Crippen LogP contribution in [0.5, 0.6) is 0 Å². The average Bonchev–Trinajstić information content (AvgIpc) is 3.18. The molecule has 186 valence electrons. The maximum atomic E-state index is 11.1. The van der Waals surface area contributed by atoms with Crippen LogP contribution in [0.3, 0.4) is 0 Å². The van der Waals surface area contributed by atoms with Crippen LogP contribution in [0.4, 0.5) is 0 Å². The summed E-state index contributed by atoms with van der Waals surface area (Å²) in [6.45, 7) is 14.1. The van der Waals surface area contributed by atoms with E-state index in [1.54, 1.807) is 0 Å². The molecule has 0 saturated heterocycles. The Morgan fingerprint density at radius 3 is 2.25 bits per heavy atom. The molecule has 4 aliphatic rings. The summed E-state index contributed by atoms with van der Waals surface area (Å²) in [5, 5.41) is 21.5. The number of hydrogen-bond donors (Lipinski definition) is 2. The lowest BCUT2D eigenvalue weighted by Crippen LogP contribution is -2.56. The lowest BCUT2D eigenvalue weighted by atomic mass is 9.43. The van der Waals surface area contributed by atoms with E-state index in [0.717, 1.165) is 61.2 Å². The monoisotopic (exact) mass is 446 g/mol. The van der Waals surface area contributed by atoms with Crippen LogP contribution in [0.25, 0.3) is 0 Å². The molecule has 0 aromatic carbocycles. The fraction of sp³-hybridized carbons (Fsp3) is 1.00. The van der Waals surface area contributed by atoms with Gasteiger partial charge in [0.1, 0.15) is 0 Å². The minimum Gasteiger partial charge on any atom is -0.393 e. The van der Waals surface area contributed by atoms with E-state index in [1.165, 1.54) is 57.8 Å². The maximum Gasteiger partial charge on any atom is 0.0648 e. The third kappa shape index (κ3) is 4.02. The van der Waals surface area contributed by atoms with Crippen LogP contribution in [-0.4, -0.2) is 21.9 Å². The molecule has 0 amide bonds. The molecule has 0 bridgehead atoms. The van der Waals surface area contributed by atoms with Crippen LogP contribution in [0.1, 0.15) is 125 Å². The molecule has 10 atom stereocenters. The number of aliphatic hydroxyl groups excluding tert-OH is 1. The highest BCUT2D eigenvalue weighted by Gasteiger charge is 2.62. The summed E-state index contributed by atoms with van der Waals surface area (Å²) in [7, 11) is 0. The molecule has 0 radical (unpaired) electrons. The molecular formula is C30H54O2. The highest BCUT2D eigenvalue weighted by atomic mass is 16.3. The van der Waals surface area contributed by atoms with Gasteiger partial charge in [-0.2, -0.15) is 0 Å². The summed E-state index contributed by atoms with van der Waals surface area (Å²) in [6, 6.07) is 0. The first-order valence-corrected chi connectivity index (χ1v) is 14.5. The van der Waals surface area contributed by atoms with Crippen molar-refractivity contribution in [3.8, 4) is 0 Å². The first-order valence-electron chi connectivity index (χ1n) is 14.5. The maximum absolute atomic E-state index is 11.1. The van der Waals surface area contributed by atoms with Gasteiger partial charge < -0.3 is 10.2 Å². The van der Waals surface area contributed by atoms with Crippen molar-refractivity contribution in [2.45, 2.75) is 137 Å². The molecule has 2 heteroatoms. The third-order valence-corrected chi connectivity index (χ3v) is 12.3. The molecule has 4 rings (SSSR count). The highest BCUT2D eigenvalue weighted by molar-refractivity contribution is 5.11. The number of fused-ring (bicyclic) bond motifs is 5. The van der Waals surface area contributed by atoms with E-state index in [1.807, 2.05) is 0 Å². The van der Waals surface area contributed by atoms with Gasteiger partial charge in [0.2, 0.25) is 0 Å². The van der Waals surface area contributed by atoms with Crippen LogP contribution in [0.15, 0.2) is 0 Å². The van der Waals surface area contributed by atoms with Crippen molar-refractivity contribution in [2.75, 3.05) is 0 Å². The van der Waals surface area contributed by atoms with E-state index in [2.05, 4.69) is 41.5 Å². The summed E-state index contributed by atoms with van der Waals surface area (Å²) >= 11 is 0. The van der Waals surface area contributed by atoms with E-state index in [0.29, 0.717) is 16.7 Å². The zero-order valence-electron chi connectivity index (χ0n) is 22.2. The molecule has 0 heterocycles. The fourth-order valence-corrected chi connectivity index (χ4v) is 10.0. The van der Waals surface area contributed by atoms with Crippen molar-refractivity contribution in [3.63, 3.8) is 0 Å². The zero-order chi connectivity index (χ0) is 23.3. The standard InChI is InChI=1S/C30H54O2/c1-7-29(32)18-17-28(6)22(19-29)10-11-23-25(28)15-16-30(8-2)24(12-13-26(23)30)21(5)9-14-27(31)20(3)4/h20-27,31-32H,7-19H2,1-6H3/t21-,22+,23-,24-,25+,26+,27-,28+,29+,30-/m1/s1. The summed E-state index contributed by atoms with van der Waals surface area (Å²) in [6.07, 6.45) is 16.2. The van der Waals surface area contributed by atoms with Crippen LogP contribution < -0.4 is 0 Å². The van der Waals surface area contributed by atoms with Crippen LogP contribution >= 0.6 is 0 Å². The predicted molar refractivity (Wildman–Crippen MR) is 134 cm³/mol. The number of rotatable bonds is 7. The van der Waals surface area contributed by atoms with E-state index in [-0.39, 0.29) is 11.7 Å². The smallest absolute Gasteiger partial charge is 0.0648 e. The summed E-state index contributed by atoms with van der Waals surface area (Å²) in [4.78, 5) is 0. The minimum absolute atomic E-state index is 0.133. The minimum atomic E-state index is -0.382. The molecule has 2 nitrogen and oxygen atoms in total. The summed E-state index contributed by atoms with van der Waals surface area (Å²) in [5.74, 6) is 5.47. The molecule has 2 N–H and O–H groups in total. The Labute approximate surface area is 199 Å². The quantitative estimate of drug-likeness (QED) is 0.422. The van der Waals surface area contributed by atoms with Gasteiger partial charge in [-0.25, -0.2) is 0 Å². The van der Waals surface area contributed by atoms with Gasteiger partial charge in [-0.3, -0.25) is 0 Å². The van der Waals surface area contributed by atoms with Gasteiger partial charge >= 0.3 is 0 Å². The Bertz CT molecular complexity index is 645. The van der Waals surface area contributed by atoms with Gasteiger partial charge in [0, 0.05) is 0 Å². The van der Waals surface area contributed by atoms with Crippen molar-refractivity contribution in [1.82, 2.24) is 0 Å². The second-order valence-corrected chi connectivity index (χ2v) is 13.6. The normalized spacial score (nSPS) is 48.1. The second kappa shape index (κ2) is 9.18. The fourth-order valence-electron chi connectivity index (χ4n) is 10.0. The van der Waals surface area contributed by atoms with Crippen molar-refractivity contribution in [1.29, 1.82) is 0 Å². The topological polar surface area (TPSA) is 40.5 Å². The molecule has 4 saturated carbocycles. The van der Waals surface area contributed by atoms with Crippen molar-refractivity contribution >= 4 is 0 Å². The van der Waals surface area contributed by atoms with Gasteiger partial charge in [0.15, 0.2) is 0 Å². The Morgan fingerprint density at radius 2 is 1.59 bits per heavy atom. The first-order chi connectivity index (χ1) is 15.1. The molecule has 4 aliphatic carbocycles. The van der Waals surface area contributed by atoms with Crippen LogP contribution in [-0.2, 0) is 0 Å². The second-order valence-electron chi connectivity index (χ2n) is 13.6. The van der Waals surface area contributed by atoms with Crippen LogP contribution in [0, 0.1) is 52.3 Å². The lowest BCUT2D eigenvalue weighted by molar-refractivity contribution is -0.156. The highest BCUT2D eigenvalue weighted by Crippen LogP contribution is 2.70. The van der Waals surface area contributed by atoms with Gasteiger partial charge in [0.05, 0.1) is 11.7 Å². The Hall–Kier alpha value is -0.0800. The van der Waals surface area contributed by atoms with Crippen molar-refractivity contribution < 1.29 is 10.2 Å². The molecule has 0 spiro atoms. The molecular weight excluding hydrogens is 392 g/mol. The van der Waals surface area contributed by atoms with E-state index in [4.69, 9.17) is 0 Å². The Kier molecular flexibility index (Phi) is 7.18. The molecule has 0 aromatic heterocycles. The zero-order valence-corrected chi connectivity index (χ0v) is 22.2. The van der Waals surface area contributed by atoms with Gasteiger partial charge in [-0.1, -0.05) is 41.5 Å². The van der Waals surface area contributed by atoms with Crippen LogP contribution in [0.2, 0.25) is 0 Å². The average molecular weight is 447 g/mol. The SMILES string of the molecule is CC[C@]1(O)CC[C@@]2(C)[C@@H](CC[C@@H]3[C@@H]2CC[C@]2(CC)[C@@H]([C@H](C)CC[C@@H](O)C(C)C)CC[C@@H]32)C1. The van der Waals surface area contributed by atoms with Gasteiger partial charge in [0.25, 0.3) is 0 Å². The number of aliphatic hydroxyl groups is 2. The third-order valence-electron chi connectivity index (χ3n) is 12.3. The molecule has 4 fully saturated rings. The molecule has 32 heavy (non-hydrogen) atoms. The van der Waals surface area contributed by atoms with Gasteiger partial charge in [-0.05, 0) is 136 Å². The predicted octanol–water partition coefficient (Wildman–Crippen LogP) is 7.61. The number of hydrogen-bond acceptors (Lipinski definition) is 2. The van der Waals surface area contributed by atoms with E-state index in [9.17, 15) is 10.2 Å². The Morgan fingerprint density at radius 1 is 0.844 bits per heavy atom.